The molecule has 1 aromatic carbocycles. The maximum atomic E-state index is 12.2. The van der Waals surface area contributed by atoms with Crippen LogP contribution in [0.1, 0.15) is 18.7 Å². The number of hydrogen-bond acceptors (Lipinski definition) is 6. The third kappa shape index (κ3) is 3.99. The van der Waals surface area contributed by atoms with Gasteiger partial charge in [-0.05, 0) is 31.5 Å². The van der Waals surface area contributed by atoms with E-state index in [1.54, 1.807) is 26.1 Å². The van der Waals surface area contributed by atoms with Gasteiger partial charge in [-0.3, -0.25) is 9.69 Å². The number of piperidine rings is 1. The average Bonchev–Trinajstić information content (AvgIpc) is 3.09. The van der Waals surface area contributed by atoms with E-state index in [-0.39, 0.29) is 11.8 Å². The third-order valence-corrected chi connectivity index (χ3v) is 4.47. The minimum absolute atomic E-state index is 0.0420. The van der Waals surface area contributed by atoms with Crippen LogP contribution in [0.15, 0.2) is 28.8 Å². The fourth-order valence-corrected chi connectivity index (χ4v) is 3.22. The predicted molar refractivity (Wildman–Crippen MR) is 93.0 cm³/mol. The number of benzene rings is 1. The van der Waals surface area contributed by atoms with Crippen molar-refractivity contribution in [2.45, 2.75) is 19.4 Å². The Morgan fingerprint density at radius 1 is 1.40 bits per heavy atom. The van der Waals surface area contributed by atoms with Crippen LogP contribution in [0.3, 0.4) is 0 Å². The fourth-order valence-electron chi connectivity index (χ4n) is 3.22. The van der Waals surface area contributed by atoms with Crippen molar-refractivity contribution < 1.29 is 14.1 Å². The lowest BCUT2D eigenvalue weighted by Gasteiger charge is -2.32. The van der Waals surface area contributed by atoms with Crippen molar-refractivity contribution in [1.82, 2.24) is 19.9 Å². The van der Waals surface area contributed by atoms with Gasteiger partial charge in [0.25, 0.3) is 0 Å². The van der Waals surface area contributed by atoms with Crippen molar-refractivity contribution in [2.75, 3.05) is 34.3 Å². The van der Waals surface area contributed by atoms with Gasteiger partial charge in [-0.1, -0.05) is 17.3 Å². The van der Waals surface area contributed by atoms with Gasteiger partial charge in [-0.2, -0.15) is 4.98 Å². The van der Waals surface area contributed by atoms with Crippen LogP contribution < -0.4 is 4.74 Å². The SMILES string of the molecule is COc1ccccc1-c1noc(CN2CCC[C@@H](C(=O)N(C)C)C2)n1. The molecule has 0 radical (unpaired) electrons. The average molecular weight is 344 g/mol. The number of rotatable bonds is 5. The Hall–Kier alpha value is -2.41. The number of carbonyl (C=O) groups excluding carboxylic acids is 1. The second-order valence-corrected chi connectivity index (χ2v) is 6.52. The van der Waals surface area contributed by atoms with Crippen LogP contribution in [-0.4, -0.2) is 60.1 Å². The summed E-state index contributed by atoms with van der Waals surface area (Å²) in [6.07, 6.45) is 1.93. The summed E-state index contributed by atoms with van der Waals surface area (Å²) in [4.78, 5) is 20.6. The Labute approximate surface area is 147 Å². The quantitative estimate of drug-likeness (QED) is 0.827. The van der Waals surface area contributed by atoms with Crippen LogP contribution in [0.4, 0.5) is 0 Å². The van der Waals surface area contributed by atoms with Crippen molar-refractivity contribution in [2.24, 2.45) is 5.92 Å². The van der Waals surface area contributed by atoms with Crippen LogP contribution in [0.5, 0.6) is 5.75 Å². The van der Waals surface area contributed by atoms with E-state index >= 15 is 0 Å². The van der Waals surface area contributed by atoms with Crippen LogP contribution >= 0.6 is 0 Å². The zero-order valence-corrected chi connectivity index (χ0v) is 14.9. The minimum atomic E-state index is 0.0420. The molecule has 1 amide bonds. The summed E-state index contributed by atoms with van der Waals surface area (Å²) in [7, 11) is 5.23. The molecule has 2 heterocycles. The first kappa shape index (κ1) is 17.4. The molecule has 0 saturated carbocycles. The van der Waals surface area contributed by atoms with Gasteiger partial charge >= 0.3 is 0 Å². The minimum Gasteiger partial charge on any atom is -0.496 e. The molecule has 2 aromatic rings. The maximum absolute atomic E-state index is 12.2. The number of likely N-dealkylation sites (tertiary alicyclic amines) is 1. The van der Waals surface area contributed by atoms with Crippen LogP contribution in [0.25, 0.3) is 11.4 Å². The molecule has 1 aliphatic heterocycles. The Bertz CT molecular complexity index is 729. The number of nitrogens with zero attached hydrogens (tertiary/aromatic N) is 4. The Kier molecular flexibility index (Phi) is 5.33. The second kappa shape index (κ2) is 7.65. The van der Waals surface area contributed by atoms with Crippen LogP contribution in [0, 0.1) is 5.92 Å². The summed E-state index contributed by atoms with van der Waals surface area (Å²) in [6.45, 7) is 2.21. The molecule has 0 aliphatic carbocycles. The number of methoxy groups -OCH3 is 1. The summed E-state index contributed by atoms with van der Waals surface area (Å²) >= 11 is 0. The van der Waals surface area contributed by atoms with Gasteiger partial charge in [0.05, 0.1) is 25.1 Å². The van der Waals surface area contributed by atoms with E-state index in [2.05, 4.69) is 15.0 Å². The Morgan fingerprint density at radius 3 is 2.96 bits per heavy atom. The zero-order valence-electron chi connectivity index (χ0n) is 14.9. The van der Waals surface area contributed by atoms with E-state index in [9.17, 15) is 4.79 Å². The number of para-hydroxylation sites is 1. The monoisotopic (exact) mass is 344 g/mol. The zero-order chi connectivity index (χ0) is 17.8. The van der Waals surface area contributed by atoms with E-state index in [0.717, 1.165) is 31.5 Å². The van der Waals surface area contributed by atoms with Gasteiger partial charge in [0, 0.05) is 20.6 Å². The lowest BCUT2D eigenvalue weighted by atomic mass is 9.97. The van der Waals surface area contributed by atoms with Crippen molar-refractivity contribution in [3.63, 3.8) is 0 Å². The first-order valence-corrected chi connectivity index (χ1v) is 8.48. The van der Waals surface area contributed by atoms with E-state index in [1.165, 1.54) is 0 Å². The summed E-state index contributed by atoms with van der Waals surface area (Å²) in [6, 6.07) is 7.59. The molecule has 1 atom stereocenters. The molecule has 1 aliphatic rings. The maximum Gasteiger partial charge on any atom is 0.241 e. The molecular weight excluding hydrogens is 320 g/mol. The standard InChI is InChI=1S/C18H24N4O3/c1-21(2)18(23)13-7-6-10-22(11-13)12-16-19-17(20-25-16)14-8-4-5-9-15(14)24-3/h4-5,8-9,13H,6-7,10-12H2,1-3H3/t13-/m1/s1. The molecule has 1 saturated heterocycles. The number of ether oxygens (including phenoxy) is 1. The summed E-state index contributed by atoms with van der Waals surface area (Å²) in [5, 5.41) is 4.07. The van der Waals surface area contributed by atoms with Gasteiger partial charge < -0.3 is 14.2 Å². The highest BCUT2D eigenvalue weighted by molar-refractivity contribution is 5.78. The Balaban J connectivity index is 1.68. The van der Waals surface area contributed by atoms with E-state index in [1.807, 2.05) is 24.3 Å². The van der Waals surface area contributed by atoms with E-state index in [4.69, 9.17) is 9.26 Å². The largest absolute Gasteiger partial charge is 0.496 e. The number of hydrogen-bond donors (Lipinski definition) is 0. The molecular formula is C18H24N4O3. The van der Waals surface area contributed by atoms with Gasteiger partial charge in [-0.25, -0.2) is 0 Å². The van der Waals surface area contributed by atoms with E-state index in [0.29, 0.717) is 24.0 Å². The van der Waals surface area contributed by atoms with Gasteiger partial charge in [0.1, 0.15) is 5.75 Å². The molecule has 1 aromatic heterocycles. The normalized spacial score (nSPS) is 18.1. The molecule has 0 unspecified atom stereocenters. The lowest BCUT2D eigenvalue weighted by Crippen LogP contribution is -2.42. The van der Waals surface area contributed by atoms with Crippen molar-refractivity contribution in [3.8, 4) is 17.1 Å². The highest BCUT2D eigenvalue weighted by Gasteiger charge is 2.27. The molecule has 0 spiro atoms. The van der Waals surface area contributed by atoms with Crippen LogP contribution in [0.2, 0.25) is 0 Å². The molecule has 1 fully saturated rings. The molecule has 25 heavy (non-hydrogen) atoms. The third-order valence-electron chi connectivity index (χ3n) is 4.47. The number of carbonyl (C=O) groups is 1. The first-order valence-electron chi connectivity index (χ1n) is 8.48. The van der Waals surface area contributed by atoms with Crippen LogP contribution in [-0.2, 0) is 11.3 Å². The van der Waals surface area contributed by atoms with Crippen molar-refractivity contribution in [1.29, 1.82) is 0 Å². The highest BCUT2D eigenvalue weighted by atomic mass is 16.5. The smallest absolute Gasteiger partial charge is 0.241 e. The van der Waals surface area contributed by atoms with E-state index < -0.39 is 0 Å². The van der Waals surface area contributed by atoms with Crippen molar-refractivity contribution >= 4 is 5.91 Å². The van der Waals surface area contributed by atoms with Crippen molar-refractivity contribution in [3.05, 3.63) is 30.2 Å². The predicted octanol–water partition coefficient (Wildman–Crippen LogP) is 2.05. The lowest BCUT2D eigenvalue weighted by molar-refractivity contribution is -0.134. The molecule has 0 bridgehead atoms. The summed E-state index contributed by atoms with van der Waals surface area (Å²) in [5.74, 6) is 2.01. The fraction of sp³-hybridized carbons (Fsp3) is 0.500. The molecule has 7 heteroatoms. The number of amides is 1. The Morgan fingerprint density at radius 2 is 2.20 bits per heavy atom. The van der Waals surface area contributed by atoms with Gasteiger partial charge in [0.15, 0.2) is 0 Å². The van der Waals surface area contributed by atoms with Gasteiger partial charge in [0.2, 0.25) is 17.6 Å². The molecule has 7 nitrogen and oxygen atoms in total. The molecule has 3 rings (SSSR count). The summed E-state index contributed by atoms with van der Waals surface area (Å²) < 4.78 is 10.8. The first-order chi connectivity index (χ1) is 12.1. The molecule has 0 N–H and O–H groups in total. The number of aromatic nitrogens is 2. The summed E-state index contributed by atoms with van der Waals surface area (Å²) in [5.41, 5.74) is 0.805. The molecule has 134 valence electrons. The topological polar surface area (TPSA) is 71.7 Å². The highest BCUT2D eigenvalue weighted by Crippen LogP contribution is 2.27. The second-order valence-electron chi connectivity index (χ2n) is 6.52. The van der Waals surface area contributed by atoms with Gasteiger partial charge in [-0.15, -0.1) is 0 Å².